The van der Waals surface area contributed by atoms with Gasteiger partial charge in [-0.15, -0.1) is 0 Å². The smallest absolute Gasteiger partial charge is 0.354 e. The first-order chi connectivity index (χ1) is 12.0. The molecule has 0 saturated carbocycles. The molecule has 0 aliphatic heterocycles. The Labute approximate surface area is 142 Å². The normalized spacial score (nSPS) is 11.7. The fourth-order valence-corrected chi connectivity index (χ4v) is 2.47. The molecule has 2 aromatic carbocycles. The van der Waals surface area contributed by atoms with Gasteiger partial charge in [0.25, 0.3) is 0 Å². The van der Waals surface area contributed by atoms with Crippen LogP contribution in [0.25, 0.3) is 21.9 Å². The Balaban J connectivity index is 2.06. The minimum atomic E-state index is -1.11. The lowest BCUT2D eigenvalue weighted by Crippen LogP contribution is -2.16. The lowest BCUT2D eigenvalue weighted by Gasteiger charge is -2.07. The minimum absolute atomic E-state index is 0.0273. The van der Waals surface area contributed by atoms with Crippen molar-refractivity contribution in [3.8, 4) is 0 Å². The molecule has 7 nitrogen and oxygen atoms in total. The molecule has 3 aromatic rings. The van der Waals surface area contributed by atoms with Gasteiger partial charge in [-0.3, -0.25) is 5.43 Å². The summed E-state index contributed by atoms with van der Waals surface area (Å²) in [4.78, 5) is 23.2. The van der Waals surface area contributed by atoms with E-state index in [-0.39, 0.29) is 23.6 Å². The molecule has 0 fully saturated rings. The number of carboxylic acid groups (broad SMARTS) is 1. The van der Waals surface area contributed by atoms with Crippen LogP contribution in [0.2, 0.25) is 0 Å². The Hall–Kier alpha value is -3.35. The zero-order valence-electron chi connectivity index (χ0n) is 13.7. The van der Waals surface area contributed by atoms with Crippen molar-refractivity contribution in [2.24, 2.45) is 5.10 Å². The molecule has 0 saturated heterocycles. The second kappa shape index (κ2) is 6.64. The van der Waals surface area contributed by atoms with E-state index >= 15 is 0 Å². The van der Waals surface area contributed by atoms with Gasteiger partial charge in [-0.05, 0) is 26.0 Å². The van der Waals surface area contributed by atoms with Crippen LogP contribution in [0.4, 0.5) is 5.69 Å². The number of nitrogens with zero attached hydrogens (tertiary/aromatic N) is 1. The van der Waals surface area contributed by atoms with Crippen LogP contribution < -0.4 is 5.43 Å². The van der Waals surface area contributed by atoms with Crippen LogP contribution in [0.15, 0.2) is 45.9 Å². The van der Waals surface area contributed by atoms with Crippen molar-refractivity contribution < 1.29 is 23.8 Å². The van der Waals surface area contributed by atoms with E-state index < -0.39 is 11.9 Å². The number of nitrogens with one attached hydrogen (secondary N) is 1. The van der Waals surface area contributed by atoms with Crippen LogP contribution in [-0.2, 0) is 9.53 Å². The summed E-state index contributed by atoms with van der Waals surface area (Å²) in [6.07, 6.45) is 0. The Morgan fingerprint density at radius 3 is 2.68 bits per heavy atom. The first-order valence-electron chi connectivity index (χ1n) is 7.67. The maximum atomic E-state index is 11.6. The van der Waals surface area contributed by atoms with Gasteiger partial charge in [0.05, 0.1) is 17.9 Å². The first-order valence-corrected chi connectivity index (χ1v) is 7.67. The summed E-state index contributed by atoms with van der Waals surface area (Å²) in [6.45, 7) is 3.40. The van der Waals surface area contributed by atoms with Gasteiger partial charge in [-0.1, -0.05) is 18.2 Å². The Morgan fingerprint density at radius 2 is 1.96 bits per heavy atom. The molecule has 2 N–H and O–H groups in total. The molecule has 0 aliphatic rings. The number of anilines is 1. The van der Waals surface area contributed by atoms with Crippen LogP contribution in [0.5, 0.6) is 0 Å². The lowest BCUT2D eigenvalue weighted by molar-refractivity contribution is -0.135. The lowest BCUT2D eigenvalue weighted by atomic mass is 10.1. The third-order valence-electron chi connectivity index (χ3n) is 3.66. The molecule has 0 amide bonds. The van der Waals surface area contributed by atoms with Gasteiger partial charge < -0.3 is 14.3 Å². The van der Waals surface area contributed by atoms with Crippen LogP contribution in [0, 0.1) is 0 Å². The first kappa shape index (κ1) is 16.5. The van der Waals surface area contributed by atoms with Gasteiger partial charge in [0.2, 0.25) is 0 Å². The summed E-state index contributed by atoms with van der Waals surface area (Å²) in [6, 6.07) is 10.5. The fraction of sp³-hybridized carbons (Fsp3) is 0.167. The van der Waals surface area contributed by atoms with E-state index in [0.29, 0.717) is 16.6 Å². The maximum Gasteiger partial charge on any atom is 0.354 e. The molecule has 7 heteroatoms. The summed E-state index contributed by atoms with van der Waals surface area (Å²) in [5, 5.41) is 14.9. The SMILES string of the molecule is CCOC(=O)C(C)=NNc1cc2oc3ccccc3c2cc1C(=O)O. The number of esters is 1. The number of ether oxygens (including phenoxy) is 1. The van der Waals surface area contributed by atoms with Crippen LogP contribution in [-0.4, -0.2) is 29.4 Å². The molecule has 0 bridgehead atoms. The van der Waals surface area contributed by atoms with Crippen LogP contribution in [0.3, 0.4) is 0 Å². The van der Waals surface area contributed by atoms with E-state index in [9.17, 15) is 14.7 Å². The van der Waals surface area contributed by atoms with Crippen molar-refractivity contribution >= 4 is 45.3 Å². The molecule has 1 heterocycles. The molecule has 1 aromatic heterocycles. The number of benzene rings is 2. The highest BCUT2D eigenvalue weighted by atomic mass is 16.5. The molecule has 0 atom stereocenters. The van der Waals surface area contributed by atoms with Crippen molar-refractivity contribution in [3.05, 3.63) is 42.0 Å². The molecular formula is C18H16N2O5. The van der Waals surface area contributed by atoms with Gasteiger partial charge in [-0.25, -0.2) is 9.59 Å². The number of hydrogen-bond donors (Lipinski definition) is 2. The molecule has 3 rings (SSSR count). The predicted octanol–water partition coefficient (Wildman–Crippen LogP) is 3.64. The van der Waals surface area contributed by atoms with Gasteiger partial charge in [-0.2, -0.15) is 5.10 Å². The average Bonchev–Trinajstić information content (AvgIpc) is 2.96. The van der Waals surface area contributed by atoms with Crippen molar-refractivity contribution in [1.29, 1.82) is 0 Å². The highest BCUT2D eigenvalue weighted by Crippen LogP contribution is 2.32. The third kappa shape index (κ3) is 3.16. The number of rotatable bonds is 5. The minimum Gasteiger partial charge on any atom is -0.478 e. The Morgan fingerprint density at radius 1 is 1.20 bits per heavy atom. The number of fused-ring (bicyclic) bond motifs is 3. The molecular weight excluding hydrogens is 324 g/mol. The van der Waals surface area contributed by atoms with E-state index in [1.165, 1.54) is 13.0 Å². The van der Waals surface area contributed by atoms with Gasteiger partial charge in [0.1, 0.15) is 16.9 Å². The van der Waals surface area contributed by atoms with Gasteiger partial charge >= 0.3 is 11.9 Å². The number of hydrazone groups is 1. The van der Waals surface area contributed by atoms with Crippen molar-refractivity contribution in [3.63, 3.8) is 0 Å². The van der Waals surface area contributed by atoms with Crippen molar-refractivity contribution in [1.82, 2.24) is 0 Å². The number of carbonyl (C=O) groups excluding carboxylic acids is 1. The van der Waals surface area contributed by atoms with E-state index in [1.54, 1.807) is 13.0 Å². The molecule has 128 valence electrons. The maximum absolute atomic E-state index is 11.6. The van der Waals surface area contributed by atoms with E-state index in [2.05, 4.69) is 10.5 Å². The van der Waals surface area contributed by atoms with Crippen molar-refractivity contribution in [2.75, 3.05) is 12.0 Å². The largest absolute Gasteiger partial charge is 0.478 e. The van der Waals surface area contributed by atoms with Crippen LogP contribution in [0.1, 0.15) is 24.2 Å². The van der Waals surface area contributed by atoms with E-state index in [1.807, 2.05) is 24.3 Å². The summed E-state index contributed by atoms with van der Waals surface area (Å²) >= 11 is 0. The number of aromatic carboxylic acids is 1. The second-order valence-corrected chi connectivity index (χ2v) is 5.33. The molecule has 0 unspecified atom stereocenters. The molecule has 0 spiro atoms. The number of carboxylic acids is 1. The number of carbonyl (C=O) groups is 2. The van der Waals surface area contributed by atoms with E-state index in [0.717, 1.165) is 5.39 Å². The summed E-state index contributed by atoms with van der Waals surface area (Å²) < 4.78 is 10.6. The monoisotopic (exact) mass is 340 g/mol. The highest BCUT2D eigenvalue weighted by molar-refractivity contribution is 6.35. The summed E-state index contributed by atoms with van der Waals surface area (Å²) in [5.74, 6) is -1.68. The zero-order valence-corrected chi connectivity index (χ0v) is 13.7. The average molecular weight is 340 g/mol. The summed E-state index contributed by atoms with van der Waals surface area (Å²) in [5.41, 5.74) is 4.14. The predicted molar refractivity (Wildman–Crippen MR) is 94.0 cm³/mol. The zero-order chi connectivity index (χ0) is 18.0. The Kier molecular flexibility index (Phi) is 4.38. The highest BCUT2D eigenvalue weighted by Gasteiger charge is 2.16. The van der Waals surface area contributed by atoms with E-state index in [4.69, 9.17) is 9.15 Å². The topological polar surface area (TPSA) is 101 Å². The second-order valence-electron chi connectivity index (χ2n) is 5.33. The standard InChI is InChI=1S/C18H16N2O5/c1-3-24-18(23)10(2)19-20-14-9-16-12(8-13(14)17(21)22)11-6-4-5-7-15(11)25-16/h4-9,20H,3H2,1-2H3,(H,21,22). The number of para-hydroxylation sites is 1. The van der Waals surface area contributed by atoms with Gasteiger partial charge in [0.15, 0.2) is 0 Å². The molecule has 0 aliphatic carbocycles. The van der Waals surface area contributed by atoms with Crippen LogP contribution >= 0.6 is 0 Å². The number of furan rings is 1. The molecule has 0 radical (unpaired) electrons. The number of hydrogen-bond acceptors (Lipinski definition) is 6. The summed E-state index contributed by atoms with van der Waals surface area (Å²) in [7, 11) is 0. The third-order valence-corrected chi connectivity index (χ3v) is 3.66. The van der Waals surface area contributed by atoms with Crippen molar-refractivity contribution in [2.45, 2.75) is 13.8 Å². The quantitative estimate of drug-likeness (QED) is 0.418. The molecule has 25 heavy (non-hydrogen) atoms. The fourth-order valence-electron chi connectivity index (χ4n) is 2.47. The van der Waals surface area contributed by atoms with Gasteiger partial charge in [0, 0.05) is 16.8 Å². The Bertz CT molecular complexity index is 1000.